The monoisotopic (exact) mass is 247 g/mol. The lowest BCUT2D eigenvalue weighted by Crippen LogP contribution is -2.47. The Morgan fingerprint density at radius 3 is 2.00 bits per heavy atom. The highest BCUT2D eigenvalue weighted by Crippen LogP contribution is 2.58. The van der Waals surface area contributed by atoms with Crippen molar-refractivity contribution in [2.75, 3.05) is 19.6 Å². The molecule has 0 aromatic carbocycles. The van der Waals surface area contributed by atoms with E-state index in [-0.39, 0.29) is 0 Å². The molecular weight excluding hydrogens is 222 g/mol. The highest BCUT2D eigenvalue weighted by atomic mass is 15.2. The molecule has 3 nitrogen and oxygen atoms in total. The van der Waals surface area contributed by atoms with Gasteiger partial charge in [-0.25, -0.2) is 0 Å². The largest absolute Gasteiger partial charge is 0.370 e. The first-order valence-corrected chi connectivity index (χ1v) is 7.76. The number of nitrogens with two attached hydrogens (primary N) is 1. The van der Waals surface area contributed by atoms with E-state index in [1.165, 1.54) is 43.5 Å². The molecule has 5 rings (SSSR count). The molecule has 18 heavy (non-hydrogen) atoms. The molecule has 0 atom stereocenters. The van der Waals surface area contributed by atoms with Crippen molar-refractivity contribution < 1.29 is 0 Å². The molecule has 1 saturated heterocycles. The third-order valence-corrected chi connectivity index (χ3v) is 5.90. The van der Waals surface area contributed by atoms with E-state index in [9.17, 15) is 0 Å². The minimum atomic E-state index is 0.738. The zero-order valence-corrected chi connectivity index (χ0v) is 11.1. The lowest BCUT2D eigenvalue weighted by atomic mass is 9.50. The van der Waals surface area contributed by atoms with Crippen molar-refractivity contribution in [2.24, 2.45) is 35.3 Å². The second-order valence-corrected chi connectivity index (χ2v) is 6.91. The molecular formula is C15H25N3. The molecule has 5 aliphatic rings. The van der Waals surface area contributed by atoms with Gasteiger partial charge < -0.3 is 16.4 Å². The number of rotatable bonds is 2. The minimum Gasteiger partial charge on any atom is -0.370 e. The first-order valence-electron chi connectivity index (χ1n) is 7.76. The Morgan fingerprint density at radius 2 is 1.50 bits per heavy atom. The van der Waals surface area contributed by atoms with Crippen LogP contribution in [-0.2, 0) is 0 Å². The van der Waals surface area contributed by atoms with Crippen LogP contribution < -0.4 is 16.4 Å². The standard InChI is InChI=1S/C15H25N3/c16-8-13(15-17-1-2-18-15)14-11-4-9-3-10(6-11)7-12(14)5-9/h9-12,14,17-18H,1-8,16H2. The van der Waals surface area contributed by atoms with Gasteiger partial charge in [-0.05, 0) is 67.3 Å². The van der Waals surface area contributed by atoms with Crippen molar-refractivity contribution in [3.63, 3.8) is 0 Å². The van der Waals surface area contributed by atoms with Gasteiger partial charge in [-0.15, -0.1) is 0 Å². The van der Waals surface area contributed by atoms with Gasteiger partial charge in [0.1, 0.15) is 0 Å². The van der Waals surface area contributed by atoms with Crippen LogP contribution in [0.4, 0.5) is 0 Å². The maximum atomic E-state index is 6.09. The summed E-state index contributed by atoms with van der Waals surface area (Å²) in [5.41, 5.74) is 7.61. The van der Waals surface area contributed by atoms with Gasteiger partial charge in [0, 0.05) is 19.6 Å². The fraction of sp³-hybridized carbons (Fsp3) is 0.867. The number of nitrogens with one attached hydrogen (secondary N) is 2. The summed E-state index contributed by atoms with van der Waals surface area (Å²) in [6, 6.07) is 0. The summed E-state index contributed by atoms with van der Waals surface area (Å²) >= 11 is 0. The van der Waals surface area contributed by atoms with Crippen molar-refractivity contribution in [1.82, 2.24) is 10.6 Å². The molecule has 1 heterocycles. The van der Waals surface area contributed by atoms with Crippen LogP contribution in [0.3, 0.4) is 0 Å². The van der Waals surface area contributed by atoms with Crippen LogP contribution in [0.25, 0.3) is 0 Å². The highest BCUT2D eigenvalue weighted by molar-refractivity contribution is 5.22. The molecule has 4 aliphatic carbocycles. The quantitative estimate of drug-likeness (QED) is 0.692. The molecule has 4 N–H and O–H groups in total. The summed E-state index contributed by atoms with van der Waals surface area (Å²) in [5.74, 6) is 6.06. The predicted octanol–water partition coefficient (Wildman–Crippen LogP) is 1.42. The first-order chi connectivity index (χ1) is 8.85. The van der Waals surface area contributed by atoms with Gasteiger partial charge in [0.05, 0.1) is 5.82 Å². The van der Waals surface area contributed by atoms with Crippen molar-refractivity contribution in [2.45, 2.75) is 32.1 Å². The predicted molar refractivity (Wildman–Crippen MR) is 72.6 cm³/mol. The molecule has 3 heteroatoms. The Labute approximate surface area is 110 Å². The van der Waals surface area contributed by atoms with E-state index in [2.05, 4.69) is 10.6 Å². The van der Waals surface area contributed by atoms with Crippen LogP contribution in [0.1, 0.15) is 32.1 Å². The smallest absolute Gasteiger partial charge is 0.0995 e. The Morgan fingerprint density at radius 1 is 0.944 bits per heavy atom. The van der Waals surface area contributed by atoms with E-state index in [0.717, 1.165) is 49.2 Å². The second kappa shape index (κ2) is 4.16. The number of hydrogen-bond acceptors (Lipinski definition) is 3. The molecule has 0 unspecified atom stereocenters. The number of hydrogen-bond donors (Lipinski definition) is 3. The molecule has 0 radical (unpaired) electrons. The van der Waals surface area contributed by atoms with Gasteiger partial charge in [0.2, 0.25) is 0 Å². The summed E-state index contributed by atoms with van der Waals surface area (Å²) in [6.45, 7) is 2.86. The average Bonchev–Trinajstić information content (AvgIpc) is 2.86. The van der Waals surface area contributed by atoms with Gasteiger partial charge in [-0.3, -0.25) is 0 Å². The summed E-state index contributed by atoms with van der Waals surface area (Å²) in [4.78, 5) is 0. The third-order valence-electron chi connectivity index (χ3n) is 5.90. The molecule has 5 fully saturated rings. The zero-order valence-electron chi connectivity index (χ0n) is 11.1. The van der Waals surface area contributed by atoms with Gasteiger partial charge in [-0.1, -0.05) is 0 Å². The van der Waals surface area contributed by atoms with E-state index in [0.29, 0.717) is 0 Å². The summed E-state index contributed by atoms with van der Waals surface area (Å²) in [7, 11) is 0. The van der Waals surface area contributed by atoms with Crippen molar-refractivity contribution in [3.05, 3.63) is 11.4 Å². The summed E-state index contributed by atoms with van der Waals surface area (Å²) < 4.78 is 0. The summed E-state index contributed by atoms with van der Waals surface area (Å²) in [6.07, 6.45) is 7.45. The van der Waals surface area contributed by atoms with Gasteiger partial charge in [0.25, 0.3) is 0 Å². The van der Waals surface area contributed by atoms with Crippen LogP contribution in [0, 0.1) is 29.6 Å². The van der Waals surface area contributed by atoms with Crippen LogP contribution in [-0.4, -0.2) is 19.6 Å². The fourth-order valence-electron chi connectivity index (χ4n) is 5.56. The van der Waals surface area contributed by atoms with E-state index in [1.54, 1.807) is 0 Å². The Bertz CT molecular complexity index is 338. The van der Waals surface area contributed by atoms with Crippen molar-refractivity contribution in [3.8, 4) is 0 Å². The second-order valence-electron chi connectivity index (χ2n) is 6.91. The molecule has 4 saturated carbocycles. The molecule has 4 bridgehead atoms. The van der Waals surface area contributed by atoms with Crippen molar-refractivity contribution in [1.29, 1.82) is 0 Å². The van der Waals surface area contributed by atoms with Crippen LogP contribution in [0.2, 0.25) is 0 Å². The molecule has 0 amide bonds. The summed E-state index contributed by atoms with van der Waals surface area (Å²) in [5, 5.41) is 7.01. The van der Waals surface area contributed by atoms with Crippen LogP contribution >= 0.6 is 0 Å². The molecule has 0 aromatic rings. The Kier molecular flexibility index (Phi) is 2.58. The molecule has 0 aromatic heterocycles. The zero-order chi connectivity index (χ0) is 12.1. The van der Waals surface area contributed by atoms with Gasteiger partial charge >= 0.3 is 0 Å². The Balaban J connectivity index is 1.65. The lowest BCUT2D eigenvalue weighted by molar-refractivity contribution is -0.0218. The Hall–Kier alpha value is -0.700. The topological polar surface area (TPSA) is 50.1 Å². The minimum absolute atomic E-state index is 0.738. The molecule has 100 valence electrons. The first kappa shape index (κ1) is 11.2. The van der Waals surface area contributed by atoms with Crippen LogP contribution in [0.15, 0.2) is 11.4 Å². The molecule has 1 aliphatic heterocycles. The van der Waals surface area contributed by atoms with E-state index in [1.807, 2.05) is 0 Å². The lowest BCUT2D eigenvalue weighted by Gasteiger charge is -2.55. The third kappa shape index (κ3) is 1.59. The van der Waals surface area contributed by atoms with Crippen molar-refractivity contribution >= 4 is 0 Å². The maximum Gasteiger partial charge on any atom is 0.0995 e. The van der Waals surface area contributed by atoms with Gasteiger partial charge in [-0.2, -0.15) is 0 Å². The SMILES string of the molecule is NCC(=C1NCCN1)C1C2CC3CC(C2)CC1C3. The highest BCUT2D eigenvalue weighted by Gasteiger charge is 2.49. The normalized spacial score (nSPS) is 44.9. The molecule has 0 spiro atoms. The van der Waals surface area contributed by atoms with E-state index in [4.69, 9.17) is 5.73 Å². The average molecular weight is 247 g/mol. The maximum absolute atomic E-state index is 6.09. The van der Waals surface area contributed by atoms with E-state index < -0.39 is 0 Å². The van der Waals surface area contributed by atoms with Gasteiger partial charge in [0.15, 0.2) is 0 Å². The van der Waals surface area contributed by atoms with E-state index >= 15 is 0 Å². The van der Waals surface area contributed by atoms with Crippen LogP contribution in [0.5, 0.6) is 0 Å². The fourth-order valence-corrected chi connectivity index (χ4v) is 5.56.